The lowest BCUT2D eigenvalue weighted by molar-refractivity contribution is -0.138. The molecule has 9 nitrogen and oxygen atoms in total. The van der Waals surface area contributed by atoms with Crippen LogP contribution in [0.15, 0.2) is 42.7 Å². The van der Waals surface area contributed by atoms with Gasteiger partial charge in [0.1, 0.15) is 0 Å². The van der Waals surface area contributed by atoms with E-state index in [0.717, 1.165) is 56.6 Å². The van der Waals surface area contributed by atoms with Gasteiger partial charge in [0.25, 0.3) is 0 Å². The van der Waals surface area contributed by atoms with Crippen molar-refractivity contribution in [3.8, 4) is 22.9 Å². The van der Waals surface area contributed by atoms with Crippen molar-refractivity contribution in [1.82, 2.24) is 24.8 Å². The second-order valence-corrected chi connectivity index (χ2v) is 11.3. The summed E-state index contributed by atoms with van der Waals surface area (Å²) in [4.78, 5) is 29.3. The second-order valence-electron chi connectivity index (χ2n) is 10.4. The number of nitrogens with zero attached hydrogens (tertiary/aromatic N) is 5. The number of carboxylic acids is 1. The quantitative estimate of drug-likeness (QED) is 0.348. The van der Waals surface area contributed by atoms with Crippen LogP contribution in [0.5, 0.6) is 11.6 Å². The van der Waals surface area contributed by atoms with E-state index in [1.807, 2.05) is 24.3 Å². The number of nitrogens with one attached hydrogen (secondary N) is 1. The van der Waals surface area contributed by atoms with Gasteiger partial charge >= 0.3 is 5.97 Å². The van der Waals surface area contributed by atoms with Crippen molar-refractivity contribution in [3.05, 3.63) is 58.3 Å². The summed E-state index contributed by atoms with van der Waals surface area (Å²) in [5.74, 6) is 0.976. The van der Waals surface area contributed by atoms with E-state index in [0.29, 0.717) is 45.9 Å². The summed E-state index contributed by atoms with van der Waals surface area (Å²) in [5.41, 5.74) is 2.50. The highest BCUT2D eigenvalue weighted by molar-refractivity contribution is 6.35. The molecule has 1 unspecified atom stereocenters. The Balaban J connectivity index is 1.33. The third-order valence-electron chi connectivity index (χ3n) is 7.17. The molecule has 3 aromatic rings. The molecule has 0 radical (unpaired) electrons. The van der Waals surface area contributed by atoms with Crippen molar-refractivity contribution in [2.45, 2.75) is 38.3 Å². The number of piperidine rings is 1. The van der Waals surface area contributed by atoms with Crippen LogP contribution in [0.1, 0.15) is 31.2 Å². The Kier molecular flexibility index (Phi) is 8.82. The Labute approximate surface area is 238 Å². The van der Waals surface area contributed by atoms with E-state index in [1.165, 1.54) is 0 Å². The van der Waals surface area contributed by atoms with Gasteiger partial charge in [0.05, 0.1) is 18.1 Å². The van der Waals surface area contributed by atoms with Crippen LogP contribution in [0.25, 0.3) is 11.3 Å². The summed E-state index contributed by atoms with van der Waals surface area (Å²) in [5, 5.41) is 13.5. The third-order valence-corrected chi connectivity index (χ3v) is 7.61. The van der Waals surface area contributed by atoms with Crippen LogP contribution in [0.4, 0.5) is 5.95 Å². The number of benzene rings is 1. The van der Waals surface area contributed by atoms with Gasteiger partial charge in [-0.1, -0.05) is 23.2 Å². The number of anilines is 1. The lowest BCUT2D eigenvalue weighted by Crippen LogP contribution is -2.33. The molecular formula is C28H32Cl2N6O3. The smallest absolute Gasteiger partial charge is 0.303 e. The highest BCUT2D eigenvalue weighted by Gasteiger charge is 2.22. The molecule has 11 heteroatoms. The molecule has 39 heavy (non-hydrogen) atoms. The Morgan fingerprint density at radius 3 is 2.41 bits per heavy atom. The minimum Gasteiger partial charge on any atom is -0.481 e. The number of ether oxygens (including phenoxy) is 1. The van der Waals surface area contributed by atoms with Crippen molar-refractivity contribution in [1.29, 1.82) is 0 Å². The van der Waals surface area contributed by atoms with E-state index < -0.39 is 5.97 Å². The molecule has 0 bridgehead atoms. The molecule has 2 aliphatic heterocycles. The van der Waals surface area contributed by atoms with Crippen LogP contribution in [0.3, 0.4) is 0 Å². The molecule has 2 aliphatic rings. The summed E-state index contributed by atoms with van der Waals surface area (Å²) in [6.07, 6.45) is 6.31. The molecule has 1 aromatic carbocycles. The first-order valence-corrected chi connectivity index (χ1v) is 13.9. The molecule has 2 fully saturated rings. The van der Waals surface area contributed by atoms with Crippen LogP contribution >= 0.6 is 23.2 Å². The molecule has 2 aromatic heterocycles. The molecule has 0 amide bonds. The van der Waals surface area contributed by atoms with Gasteiger partial charge in [-0.15, -0.1) is 0 Å². The zero-order valence-electron chi connectivity index (χ0n) is 21.8. The fourth-order valence-electron chi connectivity index (χ4n) is 5.21. The first-order valence-electron chi connectivity index (χ1n) is 13.2. The molecule has 2 N–H and O–H groups in total. The maximum atomic E-state index is 11.1. The van der Waals surface area contributed by atoms with Gasteiger partial charge in [-0.25, -0.2) is 15.0 Å². The van der Waals surface area contributed by atoms with Crippen LogP contribution in [0.2, 0.25) is 10.0 Å². The molecule has 1 atom stereocenters. The lowest BCUT2D eigenvalue weighted by atomic mass is 9.93. The molecule has 4 heterocycles. The number of aromatic nitrogens is 3. The van der Waals surface area contributed by atoms with Crippen molar-refractivity contribution in [2.75, 3.05) is 38.5 Å². The van der Waals surface area contributed by atoms with E-state index in [1.54, 1.807) is 18.5 Å². The molecule has 2 saturated heterocycles. The number of carboxylic acid groups (broad SMARTS) is 1. The van der Waals surface area contributed by atoms with E-state index >= 15 is 0 Å². The number of aliphatic carboxylic acids is 1. The Bertz CT molecular complexity index is 1280. The Hall–Kier alpha value is -2.98. The van der Waals surface area contributed by atoms with Gasteiger partial charge in [-0.2, -0.15) is 0 Å². The SMILES string of the molecule is CN1CCC(Nc2ncc(Oc3cc(CN4CCC(CC(=O)O)CC4)cc(-c4cc(Cl)cc(Cl)c4)n3)cn2)C1. The number of halogens is 2. The molecule has 206 valence electrons. The maximum Gasteiger partial charge on any atom is 0.303 e. The van der Waals surface area contributed by atoms with Crippen molar-refractivity contribution >= 4 is 35.1 Å². The third kappa shape index (κ3) is 7.79. The van der Waals surface area contributed by atoms with Gasteiger partial charge < -0.3 is 20.1 Å². The summed E-state index contributed by atoms with van der Waals surface area (Å²) < 4.78 is 6.11. The van der Waals surface area contributed by atoms with Gasteiger partial charge in [0.15, 0.2) is 5.75 Å². The van der Waals surface area contributed by atoms with E-state index in [-0.39, 0.29) is 12.3 Å². The standard InChI is InChI=1S/C28H32Cl2N6O3/c1-35-5-4-23(17-35)33-28-31-14-24(15-32-28)39-26-9-19(16-36-6-2-18(3-7-36)10-27(37)38)8-25(34-26)20-11-21(29)13-22(30)12-20/h8-9,11-15,18,23H,2-7,10,16-17H2,1H3,(H,37,38)(H,31,32,33). The molecule has 0 saturated carbocycles. The summed E-state index contributed by atoms with van der Waals surface area (Å²) in [6, 6.07) is 9.60. The van der Waals surface area contributed by atoms with Gasteiger partial charge in [0.2, 0.25) is 11.8 Å². The highest BCUT2D eigenvalue weighted by atomic mass is 35.5. The van der Waals surface area contributed by atoms with Crippen molar-refractivity contribution in [2.24, 2.45) is 5.92 Å². The fourth-order valence-corrected chi connectivity index (χ4v) is 5.73. The van der Waals surface area contributed by atoms with Gasteiger partial charge in [-0.3, -0.25) is 9.69 Å². The van der Waals surface area contributed by atoms with Crippen molar-refractivity contribution in [3.63, 3.8) is 0 Å². The highest BCUT2D eigenvalue weighted by Crippen LogP contribution is 2.31. The van der Waals surface area contributed by atoms with E-state index in [2.05, 4.69) is 32.1 Å². The zero-order chi connectivity index (χ0) is 27.4. The first-order chi connectivity index (χ1) is 18.8. The minimum absolute atomic E-state index is 0.228. The van der Waals surface area contributed by atoms with Crippen LogP contribution in [-0.2, 0) is 11.3 Å². The monoisotopic (exact) mass is 570 g/mol. The average Bonchev–Trinajstić information content (AvgIpc) is 3.30. The Morgan fingerprint density at radius 2 is 1.77 bits per heavy atom. The molecule has 5 rings (SSSR count). The molecule has 0 spiro atoms. The number of hydrogen-bond acceptors (Lipinski definition) is 8. The summed E-state index contributed by atoms with van der Waals surface area (Å²) in [7, 11) is 2.10. The number of rotatable bonds is 9. The molecule has 0 aliphatic carbocycles. The Morgan fingerprint density at radius 1 is 1.05 bits per heavy atom. The molecular weight excluding hydrogens is 539 g/mol. The first kappa shape index (κ1) is 27.6. The normalized spacial score (nSPS) is 18.8. The van der Waals surface area contributed by atoms with E-state index in [9.17, 15) is 4.79 Å². The van der Waals surface area contributed by atoms with Crippen LogP contribution in [-0.4, -0.2) is 75.1 Å². The van der Waals surface area contributed by atoms with E-state index in [4.69, 9.17) is 38.0 Å². The van der Waals surface area contributed by atoms with Crippen LogP contribution < -0.4 is 10.1 Å². The average molecular weight is 572 g/mol. The predicted octanol–water partition coefficient (Wildman–Crippen LogP) is 5.44. The van der Waals surface area contributed by atoms with Gasteiger partial charge in [0, 0.05) is 47.2 Å². The van der Waals surface area contributed by atoms with Crippen molar-refractivity contribution < 1.29 is 14.6 Å². The summed E-state index contributed by atoms with van der Waals surface area (Å²) in [6.45, 7) is 4.39. The number of likely N-dealkylation sites (N-methyl/N-ethyl adjacent to an activating group) is 1. The fraction of sp³-hybridized carbons (Fsp3) is 0.429. The number of carbonyl (C=O) groups is 1. The maximum absolute atomic E-state index is 11.1. The van der Waals surface area contributed by atoms with Gasteiger partial charge in [-0.05, 0) is 81.7 Å². The topological polar surface area (TPSA) is 104 Å². The lowest BCUT2D eigenvalue weighted by Gasteiger charge is -2.31. The summed E-state index contributed by atoms with van der Waals surface area (Å²) >= 11 is 12.6. The minimum atomic E-state index is -0.729. The van der Waals surface area contributed by atoms with Crippen LogP contribution in [0, 0.1) is 5.92 Å². The zero-order valence-corrected chi connectivity index (χ0v) is 23.3. The largest absolute Gasteiger partial charge is 0.481 e. The number of likely N-dealkylation sites (tertiary alicyclic amines) is 2. The number of pyridine rings is 1. The predicted molar refractivity (Wildman–Crippen MR) is 152 cm³/mol. The second kappa shape index (κ2) is 12.5. The number of hydrogen-bond donors (Lipinski definition) is 2.